The van der Waals surface area contributed by atoms with Crippen LogP contribution in [-0.2, 0) is 22.1 Å². The van der Waals surface area contributed by atoms with Gasteiger partial charge >= 0.3 is 0 Å². The molecule has 5 rings (SSSR count). The molecule has 0 N–H and O–H groups in total. The molecule has 1 unspecified atom stereocenters. The summed E-state index contributed by atoms with van der Waals surface area (Å²) >= 11 is 0. The smallest absolute Gasteiger partial charge is 0.180 e. The molecule has 35 heavy (non-hydrogen) atoms. The van der Waals surface area contributed by atoms with Gasteiger partial charge in [0.25, 0.3) is 0 Å². The zero-order chi connectivity index (χ0) is 23.9. The van der Waals surface area contributed by atoms with E-state index < -0.39 is 13.7 Å². The van der Waals surface area contributed by atoms with Gasteiger partial charge in [0.05, 0.1) is 8.15 Å². The van der Waals surface area contributed by atoms with Crippen molar-refractivity contribution in [1.82, 2.24) is 0 Å². The minimum atomic E-state index is -1.09. The Morgan fingerprint density at radius 1 is 0.714 bits per heavy atom. The highest BCUT2D eigenvalue weighted by Gasteiger charge is 2.45. The summed E-state index contributed by atoms with van der Waals surface area (Å²) in [6.45, 7) is 2.46. The molecule has 3 nitrogen and oxygen atoms in total. The average Bonchev–Trinajstić information content (AvgIpc) is 3.36. The molecule has 4 heteroatoms. The number of aliphatic imine (C=N–C) groups is 1. The van der Waals surface area contributed by atoms with Crippen LogP contribution in [0.15, 0.2) is 126 Å². The zero-order valence-corrected chi connectivity index (χ0v) is 20.9. The summed E-state index contributed by atoms with van der Waals surface area (Å²) in [5.41, 5.74) is 1.89. The van der Waals surface area contributed by atoms with Gasteiger partial charge in [-0.05, 0) is 11.1 Å². The van der Waals surface area contributed by atoms with Crippen LogP contribution in [0.4, 0.5) is 0 Å². The summed E-state index contributed by atoms with van der Waals surface area (Å²) in [6, 6.07) is 42.3. The molecule has 0 saturated heterocycles. The van der Waals surface area contributed by atoms with Gasteiger partial charge in [-0.3, -0.25) is 0 Å². The number of ether oxygens (including phenoxy) is 1. The van der Waals surface area contributed by atoms with Gasteiger partial charge in [0.15, 0.2) is 5.90 Å². The molecule has 1 aliphatic heterocycles. The first kappa shape index (κ1) is 23.5. The third-order valence-electron chi connectivity index (χ3n) is 6.34. The molecular weight excluding hydrogens is 449 g/mol. The minimum absolute atomic E-state index is 0.111. The number of benzene rings is 4. The minimum Gasteiger partial charge on any atom is -0.479 e. The number of rotatable bonds is 9. The van der Waals surface area contributed by atoms with Crippen molar-refractivity contribution in [3.8, 4) is 0 Å². The number of nitrogens with zero attached hydrogens (tertiary/aromatic N) is 1. The molecule has 4 aromatic rings. The van der Waals surface area contributed by atoms with E-state index in [-0.39, 0.29) is 6.04 Å². The predicted octanol–water partition coefficient (Wildman–Crippen LogP) is 6.09. The van der Waals surface area contributed by atoms with Gasteiger partial charge in [-0.1, -0.05) is 121 Å². The lowest BCUT2D eigenvalue weighted by Gasteiger charge is -2.40. The molecule has 0 radical (unpaired) electrons. The summed E-state index contributed by atoms with van der Waals surface area (Å²) in [5.74, 6) is 0.729. The van der Waals surface area contributed by atoms with Crippen molar-refractivity contribution in [2.75, 3.05) is 6.61 Å². The Morgan fingerprint density at radius 3 is 1.54 bits per heavy atom. The molecule has 0 bridgehead atoms. The lowest BCUT2D eigenvalue weighted by Crippen LogP contribution is -2.49. The maximum Gasteiger partial charge on any atom is 0.180 e. The molecule has 1 aliphatic rings. The number of hydrogen-bond acceptors (Lipinski definition) is 3. The third-order valence-corrected chi connectivity index (χ3v) is 8.42. The van der Waals surface area contributed by atoms with Gasteiger partial charge in [0, 0.05) is 30.4 Å². The van der Waals surface area contributed by atoms with Crippen LogP contribution in [0.2, 0.25) is 0 Å². The van der Waals surface area contributed by atoms with Crippen LogP contribution in [-0.4, -0.2) is 24.1 Å². The van der Waals surface area contributed by atoms with E-state index in [9.17, 15) is 0 Å². The normalized spacial score (nSPS) is 15.6. The van der Waals surface area contributed by atoms with Crippen LogP contribution in [0.25, 0.3) is 0 Å². The second kappa shape index (κ2) is 11.0. The quantitative estimate of drug-likeness (QED) is 0.272. The maximum absolute atomic E-state index is 7.43. The lowest BCUT2D eigenvalue weighted by atomic mass is 9.82. The largest absolute Gasteiger partial charge is 0.479 e. The topological polar surface area (TPSA) is 30.8 Å². The first-order valence-electron chi connectivity index (χ1n) is 12.1. The predicted molar refractivity (Wildman–Crippen MR) is 146 cm³/mol. The van der Waals surface area contributed by atoms with E-state index in [2.05, 4.69) is 121 Å². The van der Waals surface area contributed by atoms with Crippen LogP contribution >= 0.6 is 8.15 Å². The number of hydrogen-bond donors (Lipinski definition) is 0. The van der Waals surface area contributed by atoms with E-state index in [1.165, 1.54) is 21.7 Å². The first-order valence-corrected chi connectivity index (χ1v) is 13.3. The Kier molecular flexibility index (Phi) is 7.37. The molecule has 0 fully saturated rings. The van der Waals surface area contributed by atoms with E-state index in [1.54, 1.807) is 0 Å². The van der Waals surface area contributed by atoms with E-state index in [0.29, 0.717) is 6.61 Å². The van der Waals surface area contributed by atoms with Crippen molar-refractivity contribution < 1.29 is 9.26 Å². The Hall–Kier alpha value is -3.26. The van der Waals surface area contributed by atoms with Crippen LogP contribution in [0.5, 0.6) is 0 Å². The third kappa shape index (κ3) is 5.70. The molecule has 4 aromatic carbocycles. The van der Waals surface area contributed by atoms with Crippen molar-refractivity contribution >= 4 is 24.7 Å². The highest BCUT2D eigenvalue weighted by Crippen LogP contribution is 2.45. The van der Waals surface area contributed by atoms with Crippen molar-refractivity contribution in [2.45, 2.75) is 31.4 Å². The molecule has 0 saturated carbocycles. The van der Waals surface area contributed by atoms with E-state index >= 15 is 0 Å². The summed E-state index contributed by atoms with van der Waals surface area (Å²) in [6.07, 6.45) is 1.48. The van der Waals surface area contributed by atoms with Crippen molar-refractivity contribution in [3.63, 3.8) is 0 Å². The fourth-order valence-electron chi connectivity index (χ4n) is 4.63. The fourth-order valence-corrected chi connectivity index (χ4v) is 6.64. The lowest BCUT2D eigenvalue weighted by molar-refractivity contribution is 0.0483. The van der Waals surface area contributed by atoms with Gasteiger partial charge in [0.2, 0.25) is 0 Å². The molecule has 0 aliphatic carbocycles. The zero-order valence-electron chi connectivity index (χ0n) is 20.0. The Morgan fingerprint density at radius 2 is 1.14 bits per heavy atom. The Labute approximate surface area is 209 Å². The molecule has 1 heterocycles. The Balaban J connectivity index is 1.64. The molecule has 176 valence electrons. The average molecular weight is 480 g/mol. The van der Waals surface area contributed by atoms with E-state index in [4.69, 9.17) is 14.3 Å². The van der Waals surface area contributed by atoms with Crippen molar-refractivity contribution in [3.05, 3.63) is 132 Å². The molecule has 1 atom stereocenters. The molecule has 0 aromatic heterocycles. The van der Waals surface area contributed by atoms with E-state index in [1.807, 2.05) is 6.92 Å². The summed E-state index contributed by atoms with van der Waals surface area (Å²) < 4.78 is 13.3. The molecular formula is C31H30NO2P. The van der Waals surface area contributed by atoms with Crippen molar-refractivity contribution in [1.29, 1.82) is 0 Å². The summed E-state index contributed by atoms with van der Waals surface area (Å²) in [4.78, 5) is 4.97. The SMILES string of the molecule is CC1=NC(C(Cc2ccccc2)(Cc2ccccc2)OP(c2ccccc2)c2ccccc2)CO1. The van der Waals surface area contributed by atoms with Gasteiger partial charge in [-0.15, -0.1) is 0 Å². The van der Waals surface area contributed by atoms with Crippen LogP contribution in [0, 0.1) is 0 Å². The first-order chi connectivity index (χ1) is 17.2. The van der Waals surface area contributed by atoms with E-state index in [0.717, 1.165) is 18.7 Å². The summed E-state index contributed by atoms with van der Waals surface area (Å²) in [7, 11) is -1.09. The highest BCUT2D eigenvalue weighted by atomic mass is 31.1. The second-order valence-electron chi connectivity index (χ2n) is 8.92. The summed E-state index contributed by atoms with van der Waals surface area (Å²) in [5, 5.41) is 2.39. The van der Waals surface area contributed by atoms with Gasteiger partial charge in [0.1, 0.15) is 18.2 Å². The molecule has 0 amide bonds. The van der Waals surface area contributed by atoms with Crippen LogP contribution < -0.4 is 10.6 Å². The monoisotopic (exact) mass is 479 g/mol. The van der Waals surface area contributed by atoms with Gasteiger partial charge in [-0.2, -0.15) is 0 Å². The maximum atomic E-state index is 7.43. The van der Waals surface area contributed by atoms with Crippen molar-refractivity contribution in [2.24, 2.45) is 4.99 Å². The second-order valence-corrected chi connectivity index (χ2v) is 10.7. The van der Waals surface area contributed by atoms with Crippen LogP contribution in [0.3, 0.4) is 0 Å². The van der Waals surface area contributed by atoms with Gasteiger partial charge in [-0.25, -0.2) is 4.99 Å². The molecule has 0 spiro atoms. The van der Waals surface area contributed by atoms with Gasteiger partial charge < -0.3 is 9.26 Å². The van der Waals surface area contributed by atoms with Crippen LogP contribution in [0.1, 0.15) is 18.1 Å². The Bertz CT molecular complexity index is 1150. The highest BCUT2D eigenvalue weighted by molar-refractivity contribution is 7.68. The standard InChI is InChI=1S/C31H30NO2P/c1-25-32-30(24-33-25)31(22-26-14-6-2-7-15-26,23-27-16-8-3-9-17-27)34-35(28-18-10-4-11-19-28)29-20-12-5-13-21-29/h2-21,30H,22-24H2,1H3. The fraction of sp³-hybridized carbons (Fsp3) is 0.194.